The van der Waals surface area contributed by atoms with Crippen molar-refractivity contribution in [1.82, 2.24) is 4.57 Å². The molecule has 0 atom stereocenters. The van der Waals surface area contributed by atoms with Crippen LogP contribution >= 0.6 is 11.3 Å². The lowest BCUT2D eigenvalue weighted by molar-refractivity contribution is 0.669. The Morgan fingerprint density at radius 2 is 1.23 bits per heavy atom. The lowest BCUT2D eigenvalue weighted by atomic mass is 9.99. The Labute approximate surface area is 227 Å². The number of hydrogen-bond acceptors (Lipinski definition) is 2. The van der Waals surface area contributed by atoms with Gasteiger partial charge in [-0.1, -0.05) is 78.9 Å². The maximum Gasteiger partial charge on any atom is 0.136 e. The maximum atomic E-state index is 6.24. The monoisotopic (exact) mass is 515 g/mol. The molecule has 3 aromatic heterocycles. The van der Waals surface area contributed by atoms with Gasteiger partial charge in [0.15, 0.2) is 0 Å². The van der Waals surface area contributed by atoms with Crippen LogP contribution in [0, 0.1) is 0 Å². The van der Waals surface area contributed by atoms with Gasteiger partial charge in [-0.2, -0.15) is 0 Å². The maximum absolute atomic E-state index is 6.24. The van der Waals surface area contributed by atoms with E-state index in [1.807, 2.05) is 23.5 Å². The molecule has 182 valence electrons. The minimum atomic E-state index is 0.926. The first-order valence-electron chi connectivity index (χ1n) is 13.2. The molecule has 0 aliphatic carbocycles. The summed E-state index contributed by atoms with van der Waals surface area (Å²) in [4.78, 5) is 0. The van der Waals surface area contributed by atoms with Gasteiger partial charge in [-0.25, -0.2) is 0 Å². The smallest absolute Gasteiger partial charge is 0.136 e. The molecule has 6 aromatic carbocycles. The topological polar surface area (TPSA) is 18.1 Å². The summed E-state index contributed by atoms with van der Waals surface area (Å²) in [5, 5.41) is 7.41. The molecule has 3 heteroatoms. The standard InChI is InChI=1S/C36H21NOS/c1-4-12-30-25(8-1)28-21-33-29(26-9-2-5-13-32(26)38-33)20-31(28)37(30)23-18-16-22(17-19-23)24-11-7-15-35-36(24)27-10-3-6-14-34(27)39-35/h1-21H. The number of benzene rings is 6. The zero-order valence-corrected chi connectivity index (χ0v) is 21.7. The average Bonchev–Trinajstić information content (AvgIpc) is 3.65. The fourth-order valence-electron chi connectivity index (χ4n) is 6.27. The van der Waals surface area contributed by atoms with Crippen LogP contribution in [0.15, 0.2) is 132 Å². The van der Waals surface area contributed by atoms with Crippen molar-refractivity contribution in [2.45, 2.75) is 0 Å². The van der Waals surface area contributed by atoms with Crippen molar-refractivity contribution in [3.05, 3.63) is 127 Å². The van der Waals surface area contributed by atoms with Crippen LogP contribution in [0.2, 0.25) is 0 Å². The van der Waals surface area contributed by atoms with Gasteiger partial charge in [0.1, 0.15) is 11.2 Å². The minimum absolute atomic E-state index is 0.926. The van der Waals surface area contributed by atoms with E-state index >= 15 is 0 Å². The molecule has 0 spiro atoms. The molecule has 2 nitrogen and oxygen atoms in total. The minimum Gasteiger partial charge on any atom is -0.456 e. The molecular formula is C36H21NOS. The van der Waals surface area contributed by atoms with E-state index in [2.05, 4.69) is 120 Å². The molecule has 3 heterocycles. The molecule has 0 aliphatic heterocycles. The number of hydrogen-bond donors (Lipinski definition) is 0. The molecule has 9 rings (SSSR count). The fraction of sp³-hybridized carbons (Fsp3) is 0. The molecule has 0 aliphatic rings. The van der Waals surface area contributed by atoms with Gasteiger partial charge in [-0.3, -0.25) is 0 Å². The third-order valence-corrected chi connectivity index (χ3v) is 9.15. The molecule has 0 fully saturated rings. The highest BCUT2D eigenvalue weighted by Crippen LogP contribution is 2.41. The molecule has 0 bridgehead atoms. The van der Waals surface area contributed by atoms with Gasteiger partial charge in [-0.05, 0) is 59.7 Å². The molecule has 0 amide bonds. The third-order valence-electron chi connectivity index (χ3n) is 8.01. The van der Waals surface area contributed by atoms with E-state index in [0.717, 1.165) is 27.6 Å². The van der Waals surface area contributed by atoms with Crippen molar-refractivity contribution in [1.29, 1.82) is 0 Å². The first kappa shape index (κ1) is 21.1. The average molecular weight is 516 g/mol. The summed E-state index contributed by atoms with van der Waals surface area (Å²) < 4.78 is 11.3. The summed E-state index contributed by atoms with van der Waals surface area (Å²) in [5.74, 6) is 0. The molecule has 0 saturated heterocycles. The largest absolute Gasteiger partial charge is 0.456 e. The van der Waals surface area contributed by atoms with E-state index in [1.54, 1.807) is 0 Å². The second-order valence-corrected chi connectivity index (χ2v) is 11.2. The van der Waals surface area contributed by atoms with Crippen LogP contribution in [-0.4, -0.2) is 4.57 Å². The summed E-state index contributed by atoms with van der Waals surface area (Å²) in [6, 6.07) is 45.9. The number of aromatic nitrogens is 1. The van der Waals surface area contributed by atoms with E-state index in [0.29, 0.717) is 0 Å². The van der Waals surface area contributed by atoms with Crippen molar-refractivity contribution in [2.24, 2.45) is 0 Å². The third kappa shape index (κ3) is 2.96. The number of para-hydroxylation sites is 2. The molecular weight excluding hydrogens is 494 g/mol. The quantitative estimate of drug-likeness (QED) is 0.224. The summed E-state index contributed by atoms with van der Waals surface area (Å²) >= 11 is 1.87. The highest BCUT2D eigenvalue weighted by molar-refractivity contribution is 7.25. The number of rotatable bonds is 2. The van der Waals surface area contributed by atoms with Crippen LogP contribution in [0.25, 0.3) is 80.7 Å². The Balaban J connectivity index is 1.28. The molecule has 0 saturated carbocycles. The van der Waals surface area contributed by atoms with Gasteiger partial charge in [0.25, 0.3) is 0 Å². The van der Waals surface area contributed by atoms with E-state index in [4.69, 9.17) is 4.42 Å². The highest BCUT2D eigenvalue weighted by atomic mass is 32.1. The summed E-state index contributed by atoms with van der Waals surface area (Å²) in [5.41, 5.74) is 7.91. The van der Waals surface area contributed by atoms with Crippen LogP contribution in [0.4, 0.5) is 0 Å². The van der Waals surface area contributed by atoms with Crippen LogP contribution in [0.3, 0.4) is 0 Å². The molecule has 0 radical (unpaired) electrons. The van der Waals surface area contributed by atoms with Gasteiger partial charge >= 0.3 is 0 Å². The Morgan fingerprint density at radius 3 is 2.13 bits per heavy atom. The number of fused-ring (bicyclic) bond motifs is 9. The summed E-state index contributed by atoms with van der Waals surface area (Å²) in [6.07, 6.45) is 0. The normalized spacial score (nSPS) is 12.1. The lowest BCUT2D eigenvalue weighted by Crippen LogP contribution is -1.93. The number of thiophene rings is 1. The SMILES string of the molecule is c1ccc2c(c1)oc1cc3c4ccccc4n(-c4ccc(-c5cccc6sc7ccccc7c56)cc4)c3cc12. The van der Waals surface area contributed by atoms with Crippen LogP contribution in [0.5, 0.6) is 0 Å². The summed E-state index contributed by atoms with van der Waals surface area (Å²) in [6.45, 7) is 0. The summed E-state index contributed by atoms with van der Waals surface area (Å²) in [7, 11) is 0. The fourth-order valence-corrected chi connectivity index (χ4v) is 7.40. The van der Waals surface area contributed by atoms with E-state index in [1.165, 1.54) is 53.1 Å². The van der Waals surface area contributed by atoms with Gasteiger partial charge in [0, 0.05) is 47.4 Å². The first-order chi connectivity index (χ1) is 19.3. The Morgan fingerprint density at radius 1 is 0.487 bits per heavy atom. The van der Waals surface area contributed by atoms with E-state index in [9.17, 15) is 0 Å². The Kier molecular flexibility index (Phi) is 4.24. The Hall–Kier alpha value is -4.86. The predicted molar refractivity (Wildman–Crippen MR) is 166 cm³/mol. The lowest BCUT2D eigenvalue weighted by Gasteiger charge is -2.10. The Bertz CT molecular complexity index is 2380. The van der Waals surface area contributed by atoms with Gasteiger partial charge < -0.3 is 8.98 Å². The predicted octanol–water partition coefficient (Wildman–Crippen LogP) is 10.7. The van der Waals surface area contributed by atoms with Crippen LogP contribution < -0.4 is 0 Å². The second-order valence-electron chi connectivity index (χ2n) is 10.1. The molecule has 9 aromatic rings. The van der Waals surface area contributed by atoms with Crippen molar-refractivity contribution in [3.63, 3.8) is 0 Å². The van der Waals surface area contributed by atoms with Crippen molar-refractivity contribution in [3.8, 4) is 16.8 Å². The molecule has 0 unspecified atom stereocenters. The van der Waals surface area contributed by atoms with Crippen molar-refractivity contribution in [2.75, 3.05) is 0 Å². The first-order valence-corrected chi connectivity index (χ1v) is 14.0. The van der Waals surface area contributed by atoms with Crippen molar-refractivity contribution < 1.29 is 4.42 Å². The van der Waals surface area contributed by atoms with E-state index < -0.39 is 0 Å². The van der Waals surface area contributed by atoms with Crippen LogP contribution in [-0.2, 0) is 0 Å². The van der Waals surface area contributed by atoms with Crippen LogP contribution in [0.1, 0.15) is 0 Å². The van der Waals surface area contributed by atoms with Gasteiger partial charge in [0.2, 0.25) is 0 Å². The zero-order valence-electron chi connectivity index (χ0n) is 20.9. The van der Waals surface area contributed by atoms with Gasteiger partial charge in [-0.15, -0.1) is 11.3 Å². The zero-order chi connectivity index (χ0) is 25.5. The van der Waals surface area contributed by atoms with Crippen molar-refractivity contribution >= 4 is 75.3 Å². The highest BCUT2D eigenvalue weighted by Gasteiger charge is 2.17. The number of nitrogens with zero attached hydrogens (tertiary/aromatic N) is 1. The van der Waals surface area contributed by atoms with Gasteiger partial charge in [0.05, 0.1) is 11.0 Å². The van der Waals surface area contributed by atoms with E-state index in [-0.39, 0.29) is 0 Å². The number of furan rings is 1. The molecule has 0 N–H and O–H groups in total. The molecule has 39 heavy (non-hydrogen) atoms. The second kappa shape index (κ2) is 7.83.